The third-order valence-corrected chi connectivity index (χ3v) is 6.14. The summed E-state index contributed by atoms with van der Waals surface area (Å²) in [6, 6.07) is 14.1. The number of non-ortho nitro benzene ring substituents is 1. The number of amides is 3. The summed E-state index contributed by atoms with van der Waals surface area (Å²) in [5.41, 5.74) is 1.57. The van der Waals surface area contributed by atoms with E-state index in [4.69, 9.17) is 4.74 Å². The normalized spacial score (nSPS) is 17.4. The molecule has 10 nitrogen and oxygen atoms in total. The van der Waals surface area contributed by atoms with Gasteiger partial charge in [0.1, 0.15) is 5.92 Å². The number of urea groups is 1. The molecule has 0 bridgehead atoms. The first-order valence-corrected chi connectivity index (χ1v) is 12.2. The Bertz CT molecular complexity index is 1180. The molecule has 37 heavy (non-hydrogen) atoms. The molecule has 3 amide bonds. The van der Waals surface area contributed by atoms with Crippen LogP contribution in [0.15, 0.2) is 59.6 Å². The maximum absolute atomic E-state index is 13.1. The van der Waals surface area contributed by atoms with E-state index in [-0.39, 0.29) is 30.0 Å². The first kappa shape index (κ1) is 27.5. The Hall–Kier alpha value is -4.08. The second-order valence-electron chi connectivity index (χ2n) is 9.27. The van der Waals surface area contributed by atoms with Gasteiger partial charge in [0, 0.05) is 44.4 Å². The van der Waals surface area contributed by atoms with Crippen LogP contribution in [-0.2, 0) is 20.9 Å². The van der Waals surface area contributed by atoms with Gasteiger partial charge in [0.25, 0.3) is 5.69 Å². The zero-order valence-corrected chi connectivity index (χ0v) is 21.5. The first-order chi connectivity index (χ1) is 17.6. The van der Waals surface area contributed by atoms with Gasteiger partial charge >= 0.3 is 12.0 Å². The third kappa shape index (κ3) is 6.99. The minimum Gasteiger partial charge on any atom is -0.462 e. The van der Waals surface area contributed by atoms with Crippen LogP contribution < -0.4 is 0 Å². The van der Waals surface area contributed by atoms with Gasteiger partial charge in [-0.05, 0) is 38.3 Å². The van der Waals surface area contributed by atoms with E-state index >= 15 is 0 Å². The van der Waals surface area contributed by atoms with Crippen molar-refractivity contribution in [3.8, 4) is 0 Å². The molecule has 196 valence electrons. The molecule has 0 N–H and O–H groups in total. The summed E-state index contributed by atoms with van der Waals surface area (Å²) in [5.74, 6) is -1.58. The average Bonchev–Trinajstić information content (AvgIpc) is 2.84. The topological polar surface area (TPSA) is 122 Å². The summed E-state index contributed by atoms with van der Waals surface area (Å²) in [7, 11) is 0. The molecular weight excluding hydrogens is 476 g/mol. The molecule has 0 aliphatic carbocycles. The summed E-state index contributed by atoms with van der Waals surface area (Å²) in [6.07, 6.45) is 0.0311. The predicted molar refractivity (Wildman–Crippen MR) is 138 cm³/mol. The highest BCUT2D eigenvalue weighted by atomic mass is 16.6. The van der Waals surface area contributed by atoms with Gasteiger partial charge in [-0.3, -0.25) is 19.7 Å². The largest absolute Gasteiger partial charge is 0.462 e. The van der Waals surface area contributed by atoms with Crippen molar-refractivity contribution in [1.29, 1.82) is 0 Å². The lowest BCUT2D eigenvalue weighted by molar-refractivity contribution is -0.385. The van der Waals surface area contributed by atoms with Crippen molar-refractivity contribution in [2.45, 2.75) is 52.8 Å². The van der Waals surface area contributed by atoms with Gasteiger partial charge in [-0.25, -0.2) is 9.79 Å². The lowest BCUT2D eigenvalue weighted by atomic mass is 9.86. The number of nitro benzene ring substituents is 1. The highest BCUT2D eigenvalue weighted by Gasteiger charge is 2.43. The third-order valence-electron chi connectivity index (χ3n) is 6.14. The van der Waals surface area contributed by atoms with Crippen molar-refractivity contribution in [1.82, 2.24) is 9.80 Å². The van der Waals surface area contributed by atoms with Crippen molar-refractivity contribution in [2.75, 3.05) is 13.1 Å². The number of benzene rings is 2. The number of rotatable bonds is 10. The number of aliphatic imine (C=N–C) groups is 1. The summed E-state index contributed by atoms with van der Waals surface area (Å²) in [5, 5.41) is 11.4. The molecule has 3 rings (SSSR count). The molecule has 10 heteroatoms. The van der Waals surface area contributed by atoms with Crippen LogP contribution in [0.4, 0.5) is 10.5 Å². The molecule has 1 aliphatic heterocycles. The molecule has 1 heterocycles. The van der Waals surface area contributed by atoms with Gasteiger partial charge in [-0.1, -0.05) is 42.5 Å². The van der Waals surface area contributed by atoms with Crippen molar-refractivity contribution < 1.29 is 24.0 Å². The monoisotopic (exact) mass is 508 g/mol. The van der Waals surface area contributed by atoms with E-state index in [0.29, 0.717) is 25.1 Å². The zero-order chi connectivity index (χ0) is 27.1. The van der Waals surface area contributed by atoms with Gasteiger partial charge in [-0.15, -0.1) is 0 Å². The lowest BCUT2D eigenvalue weighted by Gasteiger charge is -2.39. The van der Waals surface area contributed by atoms with E-state index in [0.717, 1.165) is 5.56 Å². The maximum atomic E-state index is 13.1. The fourth-order valence-corrected chi connectivity index (χ4v) is 4.43. The molecule has 0 radical (unpaired) electrons. The van der Waals surface area contributed by atoms with E-state index in [9.17, 15) is 24.5 Å². The van der Waals surface area contributed by atoms with Crippen LogP contribution in [0.2, 0.25) is 0 Å². The van der Waals surface area contributed by atoms with Gasteiger partial charge < -0.3 is 14.5 Å². The van der Waals surface area contributed by atoms with Gasteiger partial charge in [0.05, 0.1) is 17.1 Å². The highest BCUT2D eigenvalue weighted by molar-refractivity contribution is 6.08. The number of ether oxygens (including phenoxy) is 1. The number of esters is 1. The van der Waals surface area contributed by atoms with Crippen LogP contribution in [0, 0.1) is 16.0 Å². The number of nitrogens with zero attached hydrogens (tertiary/aromatic N) is 4. The molecule has 2 aromatic rings. The summed E-state index contributed by atoms with van der Waals surface area (Å²) < 4.78 is 5.47. The van der Waals surface area contributed by atoms with Gasteiger partial charge in [0.2, 0.25) is 5.91 Å². The number of carbonyl (C=O) groups is 3. The molecule has 2 unspecified atom stereocenters. The minimum absolute atomic E-state index is 0.101. The first-order valence-electron chi connectivity index (χ1n) is 12.2. The molecule has 0 saturated heterocycles. The van der Waals surface area contributed by atoms with Crippen molar-refractivity contribution in [2.24, 2.45) is 10.9 Å². The summed E-state index contributed by atoms with van der Waals surface area (Å²) in [6.45, 7) is 7.52. The molecule has 0 saturated carbocycles. The Balaban J connectivity index is 1.89. The Morgan fingerprint density at radius 1 is 1.16 bits per heavy atom. The van der Waals surface area contributed by atoms with Crippen molar-refractivity contribution in [3.05, 3.63) is 75.8 Å². The minimum atomic E-state index is -0.921. The fraction of sp³-hybridized carbons (Fsp3) is 0.407. The summed E-state index contributed by atoms with van der Waals surface area (Å²) in [4.78, 5) is 56.6. The Kier molecular flexibility index (Phi) is 9.10. The van der Waals surface area contributed by atoms with E-state index in [1.54, 1.807) is 31.7 Å². The molecule has 2 aromatic carbocycles. The van der Waals surface area contributed by atoms with E-state index in [2.05, 4.69) is 4.99 Å². The molecular formula is C27H32N4O6. The van der Waals surface area contributed by atoms with Crippen LogP contribution in [0.25, 0.3) is 0 Å². The van der Waals surface area contributed by atoms with Crippen LogP contribution in [0.1, 0.15) is 51.3 Å². The van der Waals surface area contributed by atoms with Gasteiger partial charge in [0.15, 0.2) is 0 Å². The SMILES string of the molecule is CC(=O)N(CCCN1C(=O)N=C(C)C(C(=O)OC(C)C)C1c1cccc([N+](=O)[O-])c1)Cc1ccccc1. The molecule has 0 aromatic heterocycles. The van der Waals surface area contributed by atoms with Crippen LogP contribution in [0.3, 0.4) is 0 Å². The molecule has 1 aliphatic rings. The Morgan fingerprint density at radius 2 is 1.86 bits per heavy atom. The van der Waals surface area contributed by atoms with Crippen molar-refractivity contribution in [3.63, 3.8) is 0 Å². The van der Waals surface area contributed by atoms with Crippen molar-refractivity contribution >= 4 is 29.3 Å². The Labute approximate surface area is 216 Å². The maximum Gasteiger partial charge on any atom is 0.344 e. The zero-order valence-electron chi connectivity index (χ0n) is 21.5. The fourth-order valence-electron chi connectivity index (χ4n) is 4.43. The second-order valence-corrected chi connectivity index (χ2v) is 9.27. The van der Waals surface area contributed by atoms with E-state index < -0.39 is 28.9 Å². The van der Waals surface area contributed by atoms with E-state index in [1.165, 1.54) is 30.0 Å². The summed E-state index contributed by atoms with van der Waals surface area (Å²) >= 11 is 0. The van der Waals surface area contributed by atoms with Crippen LogP contribution in [-0.4, -0.2) is 57.5 Å². The van der Waals surface area contributed by atoms with Crippen LogP contribution in [0.5, 0.6) is 0 Å². The van der Waals surface area contributed by atoms with E-state index in [1.807, 2.05) is 30.3 Å². The molecule has 0 spiro atoms. The smallest absolute Gasteiger partial charge is 0.344 e. The number of hydrogen-bond donors (Lipinski definition) is 0. The number of hydrogen-bond acceptors (Lipinski definition) is 6. The molecule has 2 atom stereocenters. The average molecular weight is 509 g/mol. The quantitative estimate of drug-likeness (QED) is 0.264. The predicted octanol–water partition coefficient (Wildman–Crippen LogP) is 4.54. The number of carbonyl (C=O) groups excluding carboxylic acids is 3. The second kappa shape index (κ2) is 12.2. The Morgan fingerprint density at radius 3 is 2.49 bits per heavy atom. The number of nitro groups is 1. The highest BCUT2D eigenvalue weighted by Crippen LogP contribution is 2.36. The standard InChI is InChI=1S/C27H32N4O6/c1-18(2)37-26(33)24-19(3)28-27(34)30(25(24)22-12-8-13-23(16-22)31(35)36)15-9-14-29(20(4)32)17-21-10-6-5-7-11-21/h5-8,10-13,16,18,24-25H,9,14-15,17H2,1-4H3. The lowest BCUT2D eigenvalue weighted by Crippen LogP contribution is -2.48. The van der Waals surface area contributed by atoms with Crippen LogP contribution >= 0.6 is 0 Å². The van der Waals surface area contributed by atoms with Gasteiger partial charge in [-0.2, -0.15) is 0 Å². The molecule has 0 fully saturated rings.